The molecule has 1 rings (SSSR count). The second-order valence-corrected chi connectivity index (χ2v) is 12.8. The van der Waals surface area contributed by atoms with Crippen molar-refractivity contribution in [1.82, 2.24) is 21.3 Å². The van der Waals surface area contributed by atoms with Gasteiger partial charge in [0, 0.05) is 17.1 Å². The molecule has 1 aromatic rings. The second kappa shape index (κ2) is 19.0. The van der Waals surface area contributed by atoms with Crippen LogP contribution in [0.2, 0.25) is 5.02 Å². The van der Waals surface area contributed by atoms with E-state index in [0.717, 1.165) is 0 Å². The molecule has 0 spiro atoms. The summed E-state index contributed by atoms with van der Waals surface area (Å²) in [5.74, 6) is -0.838. The van der Waals surface area contributed by atoms with Crippen molar-refractivity contribution in [2.45, 2.75) is 111 Å². The van der Waals surface area contributed by atoms with Crippen LogP contribution in [-0.2, 0) is 30.5 Å². The normalized spacial score (nSPS) is 13.4. The molecule has 0 aromatic heterocycles. The number of ether oxygens (including phenoxy) is 2. The maximum atomic E-state index is 13.2. The molecule has 0 saturated heterocycles. The van der Waals surface area contributed by atoms with Crippen LogP contribution in [0.1, 0.15) is 86.1 Å². The molecule has 0 aliphatic heterocycles. The topological polar surface area (TPSA) is 152 Å². The number of hydrogen-bond donors (Lipinski definition) is 4. The number of halogens is 1. The van der Waals surface area contributed by atoms with Crippen LogP contribution in [0.3, 0.4) is 0 Å². The highest BCUT2D eigenvalue weighted by Crippen LogP contribution is 2.16. The van der Waals surface area contributed by atoms with Crippen LogP contribution in [0.15, 0.2) is 24.3 Å². The van der Waals surface area contributed by atoms with Crippen molar-refractivity contribution in [1.29, 1.82) is 0 Å². The lowest BCUT2D eigenvalue weighted by Crippen LogP contribution is -2.56. The average Bonchev–Trinajstić information content (AvgIpc) is 2.89. The van der Waals surface area contributed by atoms with Gasteiger partial charge in [0.2, 0.25) is 11.8 Å². The van der Waals surface area contributed by atoms with Crippen molar-refractivity contribution in [2.24, 2.45) is 11.8 Å². The molecule has 0 radical (unpaired) electrons. The monoisotopic (exact) mass is 624 g/mol. The number of carbonyl (C=O) groups is 5. The van der Waals surface area contributed by atoms with E-state index in [1.165, 1.54) is 0 Å². The van der Waals surface area contributed by atoms with E-state index < -0.39 is 47.7 Å². The lowest BCUT2D eigenvalue weighted by Gasteiger charge is -2.27. The zero-order valence-electron chi connectivity index (χ0n) is 26.5. The highest BCUT2D eigenvalue weighted by Gasteiger charge is 2.30. The number of hydrogen-bond acceptors (Lipinski definition) is 7. The van der Waals surface area contributed by atoms with Gasteiger partial charge in [0.1, 0.15) is 30.6 Å². The third kappa shape index (κ3) is 16.8. The zero-order chi connectivity index (χ0) is 32.6. The number of alkyl carbamates (subject to hydrolysis) is 2. The summed E-state index contributed by atoms with van der Waals surface area (Å²) in [6, 6.07) is 4.51. The standard InChI is InChI=1S/C31H49ClN4O7/c1-20(2)16-25(35-28(39)26(17-21(3)4)36-30(41)43-31(5,6)7)27(38)34-23(18-37)13-10-11-15-33-29(40)42-19-22-12-8-9-14-24(22)32/h8-9,12,14,18,20-21,23,25-26H,10-11,13,15-17,19H2,1-7H3,(H,33,40)(H,34,38)(H,35,39)(H,36,41)/t23-,25-,26-/m0/s1. The van der Waals surface area contributed by atoms with Gasteiger partial charge in [0.05, 0.1) is 6.04 Å². The first kappa shape index (κ1) is 37.7. The minimum Gasteiger partial charge on any atom is -0.445 e. The van der Waals surface area contributed by atoms with Gasteiger partial charge in [0.15, 0.2) is 0 Å². The maximum Gasteiger partial charge on any atom is 0.408 e. The first-order valence-electron chi connectivity index (χ1n) is 14.8. The number of nitrogens with one attached hydrogen (secondary N) is 4. The molecule has 0 aliphatic rings. The van der Waals surface area contributed by atoms with Crippen LogP contribution in [0, 0.1) is 11.8 Å². The van der Waals surface area contributed by atoms with Crippen LogP contribution in [0.25, 0.3) is 0 Å². The number of benzene rings is 1. The molecule has 43 heavy (non-hydrogen) atoms. The Morgan fingerprint density at radius 2 is 1.44 bits per heavy atom. The Labute approximate surface area is 260 Å². The van der Waals surface area contributed by atoms with Crippen molar-refractivity contribution in [3.05, 3.63) is 34.9 Å². The van der Waals surface area contributed by atoms with E-state index >= 15 is 0 Å². The Bertz CT molecular complexity index is 1060. The van der Waals surface area contributed by atoms with Crippen LogP contribution in [0.4, 0.5) is 9.59 Å². The third-order valence-electron chi connectivity index (χ3n) is 6.07. The van der Waals surface area contributed by atoms with Crippen molar-refractivity contribution in [3.63, 3.8) is 0 Å². The van der Waals surface area contributed by atoms with E-state index in [-0.39, 0.29) is 18.4 Å². The highest BCUT2D eigenvalue weighted by molar-refractivity contribution is 6.31. The van der Waals surface area contributed by atoms with Gasteiger partial charge in [-0.3, -0.25) is 9.59 Å². The predicted octanol–water partition coefficient (Wildman–Crippen LogP) is 4.89. The summed E-state index contributed by atoms with van der Waals surface area (Å²) in [5, 5.41) is 11.3. The summed E-state index contributed by atoms with van der Waals surface area (Å²) in [6.07, 6.45) is 1.50. The van der Waals surface area contributed by atoms with Gasteiger partial charge in [-0.05, 0) is 70.8 Å². The molecule has 0 unspecified atom stereocenters. The summed E-state index contributed by atoms with van der Waals surface area (Å²) < 4.78 is 10.5. The SMILES string of the molecule is CC(C)C[C@H](NC(=O)OC(C)(C)C)C(=O)N[C@@H](CC(C)C)C(=O)N[C@H](C=O)CCCCNC(=O)OCc1ccccc1Cl. The molecule has 3 atom stereocenters. The smallest absolute Gasteiger partial charge is 0.408 e. The Hall–Kier alpha value is -3.34. The molecular formula is C31H49ClN4O7. The predicted molar refractivity (Wildman–Crippen MR) is 165 cm³/mol. The first-order valence-corrected chi connectivity index (χ1v) is 15.2. The quantitative estimate of drug-likeness (QED) is 0.142. The van der Waals surface area contributed by atoms with Gasteiger partial charge >= 0.3 is 12.2 Å². The van der Waals surface area contributed by atoms with Gasteiger partial charge in [-0.1, -0.05) is 57.5 Å². The molecule has 0 fully saturated rings. The summed E-state index contributed by atoms with van der Waals surface area (Å²) in [5.41, 5.74) is -0.0331. The van der Waals surface area contributed by atoms with Gasteiger partial charge in [-0.25, -0.2) is 9.59 Å². The fourth-order valence-corrected chi connectivity index (χ4v) is 4.27. The molecule has 0 aliphatic carbocycles. The Kier molecular flexibility index (Phi) is 16.7. The summed E-state index contributed by atoms with van der Waals surface area (Å²) in [6.45, 7) is 13.2. The first-order chi connectivity index (χ1) is 20.1. The zero-order valence-corrected chi connectivity index (χ0v) is 27.2. The van der Waals surface area contributed by atoms with E-state index in [4.69, 9.17) is 21.1 Å². The Morgan fingerprint density at radius 1 is 0.860 bits per heavy atom. The Balaban J connectivity index is 2.62. The summed E-state index contributed by atoms with van der Waals surface area (Å²) in [4.78, 5) is 62.4. The molecule has 12 heteroatoms. The van der Waals surface area contributed by atoms with E-state index in [2.05, 4.69) is 21.3 Å². The number of unbranched alkanes of at least 4 members (excludes halogenated alkanes) is 1. The molecule has 1 aromatic carbocycles. The van der Waals surface area contributed by atoms with Crippen LogP contribution >= 0.6 is 11.6 Å². The number of amides is 4. The van der Waals surface area contributed by atoms with Crippen molar-refractivity contribution in [3.8, 4) is 0 Å². The van der Waals surface area contributed by atoms with Gasteiger partial charge < -0.3 is 35.5 Å². The van der Waals surface area contributed by atoms with Crippen LogP contribution < -0.4 is 21.3 Å². The lowest BCUT2D eigenvalue weighted by atomic mass is 9.99. The van der Waals surface area contributed by atoms with Crippen molar-refractivity contribution >= 4 is 41.9 Å². The number of carbonyl (C=O) groups excluding carboxylic acids is 5. The third-order valence-corrected chi connectivity index (χ3v) is 6.44. The molecule has 4 amide bonds. The molecule has 0 bridgehead atoms. The van der Waals surface area contributed by atoms with Gasteiger partial charge in [0.25, 0.3) is 0 Å². The van der Waals surface area contributed by atoms with Crippen molar-refractivity contribution in [2.75, 3.05) is 6.54 Å². The molecular weight excluding hydrogens is 576 g/mol. The van der Waals surface area contributed by atoms with E-state index in [9.17, 15) is 24.0 Å². The average molecular weight is 625 g/mol. The van der Waals surface area contributed by atoms with Gasteiger partial charge in [-0.2, -0.15) is 0 Å². The molecule has 4 N–H and O–H groups in total. The second-order valence-electron chi connectivity index (χ2n) is 12.4. The van der Waals surface area contributed by atoms with E-state index in [1.54, 1.807) is 45.0 Å². The number of aldehydes is 1. The van der Waals surface area contributed by atoms with E-state index in [0.29, 0.717) is 55.5 Å². The molecule has 11 nitrogen and oxygen atoms in total. The molecule has 0 heterocycles. The maximum absolute atomic E-state index is 13.2. The highest BCUT2D eigenvalue weighted by atomic mass is 35.5. The summed E-state index contributed by atoms with van der Waals surface area (Å²) in [7, 11) is 0. The fourth-order valence-electron chi connectivity index (χ4n) is 4.07. The lowest BCUT2D eigenvalue weighted by molar-refractivity contribution is -0.131. The Morgan fingerprint density at radius 3 is 2.00 bits per heavy atom. The fraction of sp³-hybridized carbons (Fsp3) is 0.645. The largest absolute Gasteiger partial charge is 0.445 e. The van der Waals surface area contributed by atoms with Crippen molar-refractivity contribution < 1.29 is 33.4 Å². The van der Waals surface area contributed by atoms with Crippen LogP contribution in [-0.4, -0.2) is 60.6 Å². The number of rotatable bonds is 17. The molecule has 242 valence electrons. The molecule has 0 saturated carbocycles. The minimum absolute atomic E-state index is 0.0497. The van der Waals surface area contributed by atoms with Crippen LogP contribution in [0.5, 0.6) is 0 Å². The summed E-state index contributed by atoms with van der Waals surface area (Å²) >= 11 is 6.06. The van der Waals surface area contributed by atoms with E-state index in [1.807, 2.05) is 27.7 Å². The van der Waals surface area contributed by atoms with Gasteiger partial charge in [-0.15, -0.1) is 0 Å². The minimum atomic E-state index is -0.903.